The summed E-state index contributed by atoms with van der Waals surface area (Å²) in [4.78, 5) is 4.20. The molecule has 0 N–H and O–H groups in total. The third-order valence-electron chi connectivity index (χ3n) is 1.85. The first-order chi connectivity index (χ1) is 5.42. The Labute approximate surface area is 65.6 Å². The van der Waals surface area contributed by atoms with Crippen LogP contribution in [0.15, 0.2) is 41.1 Å². The second-order valence-corrected chi connectivity index (χ2v) is 2.49. The van der Waals surface area contributed by atoms with Crippen LogP contribution in [-0.2, 0) is 4.74 Å². The van der Waals surface area contributed by atoms with E-state index in [1.165, 1.54) is 5.57 Å². The van der Waals surface area contributed by atoms with Gasteiger partial charge in [-0.1, -0.05) is 12.2 Å². The fourth-order valence-corrected chi connectivity index (χ4v) is 1.28. The summed E-state index contributed by atoms with van der Waals surface area (Å²) in [5.41, 5.74) is 2.19. The summed E-state index contributed by atoms with van der Waals surface area (Å²) in [7, 11) is 1.69. The quantitative estimate of drug-likeness (QED) is 0.550. The number of hydrogen-bond donors (Lipinski definition) is 0. The van der Waals surface area contributed by atoms with Gasteiger partial charge in [-0.15, -0.1) is 0 Å². The number of fused-ring (bicyclic) bond motifs is 1. The van der Waals surface area contributed by atoms with Gasteiger partial charge in [-0.2, -0.15) is 0 Å². The number of rotatable bonds is 1. The molecule has 0 unspecified atom stereocenters. The average Bonchev–Trinajstić information content (AvgIpc) is 2.50. The maximum Gasteiger partial charge on any atom is 0.118 e. The van der Waals surface area contributed by atoms with Gasteiger partial charge in [-0.25, -0.2) is 0 Å². The summed E-state index contributed by atoms with van der Waals surface area (Å²) >= 11 is 0. The lowest BCUT2D eigenvalue weighted by atomic mass is 10.0. The number of methoxy groups -OCH3 is 1. The Balaban J connectivity index is 2.34. The van der Waals surface area contributed by atoms with Crippen LogP contribution in [0, 0.1) is 0 Å². The van der Waals surface area contributed by atoms with E-state index in [0.29, 0.717) is 0 Å². The second-order valence-electron chi connectivity index (χ2n) is 2.49. The van der Waals surface area contributed by atoms with Crippen LogP contribution in [0.25, 0.3) is 0 Å². The predicted molar refractivity (Wildman–Crippen MR) is 44.6 cm³/mol. The molecule has 0 aromatic rings. The molecule has 0 fully saturated rings. The van der Waals surface area contributed by atoms with Crippen LogP contribution in [0.1, 0.15) is 0 Å². The number of ether oxygens (including phenoxy) is 1. The first-order valence-corrected chi connectivity index (χ1v) is 3.58. The molecular formula is C9H9NO. The molecule has 2 heteroatoms. The van der Waals surface area contributed by atoms with Crippen molar-refractivity contribution in [2.75, 3.05) is 7.11 Å². The fraction of sp³-hybridized carbons (Fsp3) is 0.222. The van der Waals surface area contributed by atoms with Crippen LogP contribution in [0.2, 0.25) is 0 Å². The highest BCUT2D eigenvalue weighted by atomic mass is 16.5. The molecule has 0 radical (unpaired) electrons. The van der Waals surface area contributed by atoms with Crippen LogP contribution < -0.4 is 0 Å². The van der Waals surface area contributed by atoms with Crippen molar-refractivity contribution < 1.29 is 4.74 Å². The summed E-state index contributed by atoms with van der Waals surface area (Å²) in [6.07, 6.45) is 9.88. The Hall–Kier alpha value is -1.15. The van der Waals surface area contributed by atoms with Crippen molar-refractivity contribution in [1.29, 1.82) is 0 Å². The predicted octanol–water partition coefficient (Wildman–Crippen LogP) is 1.47. The largest absolute Gasteiger partial charge is 0.371 e. The number of aliphatic imine (C=N–C) groups is 1. The molecule has 0 aromatic carbocycles. The molecular weight excluding hydrogens is 138 g/mol. The summed E-state index contributed by atoms with van der Waals surface area (Å²) < 4.78 is 5.21. The molecule has 0 saturated carbocycles. The van der Waals surface area contributed by atoms with E-state index >= 15 is 0 Å². The molecule has 11 heavy (non-hydrogen) atoms. The highest BCUT2D eigenvalue weighted by molar-refractivity contribution is 6.09. The van der Waals surface area contributed by atoms with Gasteiger partial charge in [-0.3, -0.25) is 4.99 Å². The number of nitrogens with zero attached hydrogens (tertiary/aromatic N) is 1. The fourth-order valence-electron chi connectivity index (χ4n) is 1.28. The van der Waals surface area contributed by atoms with Gasteiger partial charge in [0.25, 0.3) is 0 Å². The van der Waals surface area contributed by atoms with Crippen molar-refractivity contribution in [3.05, 3.63) is 36.1 Å². The average molecular weight is 147 g/mol. The van der Waals surface area contributed by atoms with Gasteiger partial charge < -0.3 is 4.74 Å². The normalized spacial score (nSPS) is 26.5. The Morgan fingerprint density at radius 1 is 1.55 bits per heavy atom. The molecule has 0 spiro atoms. The first kappa shape index (κ1) is 6.55. The van der Waals surface area contributed by atoms with Crippen LogP contribution in [0.3, 0.4) is 0 Å². The highest BCUT2D eigenvalue weighted by Crippen LogP contribution is 2.18. The van der Waals surface area contributed by atoms with Gasteiger partial charge in [-0.05, 0) is 12.2 Å². The molecule has 2 rings (SSSR count). The minimum absolute atomic E-state index is 0.0463. The smallest absolute Gasteiger partial charge is 0.118 e. The number of hydrogen-bond acceptors (Lipinski definition) is 2. The van der Waals surface area contributed by atoms with E-state index in [2.05, 4.69) is 4.99 Å². The van der Waals surface area contributed by atoms with E-state index in [4.69, 9.17) is 4.74 Å². The Bertz CT molecular complexity index is 284. The third kappa shape index (κ3) is 0.955. The summed E-state index contributed by atoms with van der Waals surface area (Å²) in [6, 6.07) is 0. The van der Waals surface area contributed by atoms with Crippen molar-refractivity contribution in [2.24, 2.45) is 4.99 Å². The van der Waals surface area contributed by atoms with Crippen molar-refractivity contribution in [3.63, 3.8) is 0 Å². The second kappa shape index (κ2) is 2.47. The summed E-state index contributed by atoms with van der Waals surface area (Å²) in [5.74, 6) is 0. The summed E-state index contributed by atoms with van der Waals surface area (Å²) in [6.45, 7) is 0. The SMILES string of the molecule is CO[C@H]1C=CC=C2C=CN=C21. The van der Waals surface area contributed by atoms with E-state index in [9.17, 15) is 0 Å². The molecule has 0 bridgehead atoms. The van der Waals surface area contributed by atoms with Gasteiger partial charge in [0, 0.05) is 18.9 Å². The zero-order valence-electron chi connectivity index (χ0n) is 6.32. The van der Waals surface area contributed by atoms with Gasteiger partial charge in [0.1, 0.15) is 6.10 Å². The standard InChI is InChI=1S/C9H9NO/c1-11-8-4-2-3-7-5-6-10-9(7)8/h2-6,8H,1H3/t8-/m0/s1. The van der Waals surface area contributed by atoms with E-state index in [-0.39, 0.29) is 6.10 Å². The van der Waals surface area contributed by atoms with E-state index in [1.807, 2.05) is 24.3 Å². The van der Waals surface area contributed by atoms with Crippen molar-refractivity contribution in [1.82, 2.24) is 0 Å². The third-order valence-corrected chi connectivity index (χ3v) is 1.85. The van der Waals surface area contributed by atoms with E-state index in [0.717, 1.165) is 5.71 Å². The molecule has 56 valence electrons. The lowest BCUT2D eigenvalue weighted by molar-refractivity contribution is 0.191. The minimum Gasteiger partial charge on any atom is -0.371 e. The van der Waals surface area contributed by atoms with Crippen LogP contribution in [0.5, 0.6) is 0 Å². The molecule has 2 aliphatic rings. The van der Waals surface area contributed by atoms with Crippen LogP contribution in [-0.4, -0.2) is 18.9 Å². The molecule has 1 heterocycles. The molecule has 0 saturated heterocycles. The van der Waals surface area contributed by atoms with Gasteiger partial charge in [0.15, 0.2) is 0 Å². The molecule has 1 aliphatic carbocycles. The van der Waals surface area contributed by atoms with E-state index < -0.39 is 0 Å². The van der Waals surface area contributed by atoms with Crippen LogP contribution in [0.4, 0.5) is 0 Å². The monoisotopic (exact) mass is 147 g/mol. The Kier molecular flexibility index (Phi) is 1.47. The molecule has 0 aromatic heterocycles. The Morgan fingerprint density at radius 3 is 3.27 bits per heavy atom. The molecule has 0 amide bonds. The lowest BCUT2D eigenvalue weighted by Gasteiger charge is -2.14. The molecule has 2 nitrogen and oxygen atoms in total. The highest BCUT2D eigenvalue weighted by Gasteiger charge is 2.19. The summed E-state index contributed by atoms with van der Waals surface area (Å²) in [5, 5.41) is 0. The molecule has 1 atom stereocenters. The lowest BCUT2D eigenvalue weighted by Crippen LogP contribution is -2.22. The zero-order chi connectivity index (χ0) is 7.68. The zero-order valence-corrected chi connectivity index (χ0v) is 6.32. The van der Waals surface area contributed by atoms with Gasteiger partial charge in [0.05, 0.1) is 5.71 Å². The maximum atomic E-state index is 5.21. The van der Waals surface area contributed by atoms with E-state index in [1.54, 1.807) is 13.3 Å². The van der Waals surface area contributed by atoms with Crippen LogP contribution >= 0.6 is 0 Å². The maximum absolute atomic E-state index is 5.21. The minimum atomic E-state index is 0.0463. The molecule has 1 aliphatic heterocycles. The van der Waals surface area contributed by atoms with Crippen molar-refractivity contribution >= 4 is 5.71 Å². The Morgan fingerprint density at radius 2 is 2.45 bits per heavy atom. The van der Waals surface area contributed by atoms with Gasteiger partial charge in [0.2, 0.25) is 0 Å². The first-order valence-electron chi connectivity index (χ1n) is 3.58. The van der Waals surface area contributed by atoms with Crippen molar-refractivity contribution in [3.8, 4) is 0 Å². The number of allylic oxidation sites excluding steroid dienone is 3. The van der Waals surface area contributed by atoms with Crippen molar-refractivity contribution in [2.45, 2.75) is 6.10 Å². The van der Waals surface area contributed by atoms with Gasteiger partial charge >= 0.3 is 0 Å². The topological polar surface area (TPSA) is 21.6 Å².